The van der Waals surface area contributed by atoms with Gasteiger partial charge in [0.05, 0.1) is 0 Å². The van der Waals surface area contributed by atoms with E-state index in [4.69, 9.17) is 0 Å². The molecule has 1 aliphatic heterocycles. The largest absolute Gasteiger partial charge is 0.309 e. The van der Waals surface area contributed by atoms with E-state index in [0.29, 0.717) is 5.54 Å². The minimum atomic E-state index is 0.291. The zero-order valence-corrected chi connectivity index (χ0v) is 11.1. The van der Waals surface area contributed by atoms with Gasteiger partial charge in [-0.15, -0.1) is 0 Å². The Kier molecular flexibility index (Phi) is 4.60. The molecule has 1 rings (SSSR count). The smallest absolute Gasteiger partial charge is 0.0252 e. The van der Waals surface area contributed by atoms with Gasteiger partial charge in [0, 0.05) is 24.7 Å². The van der Waals surface area contributed by atoms with E-state index in [1.54, 1.807) is 0 Å². The average molecular weight is 212 g/mol. The number of rotatable bonds is 4. The van der Waals surface area contributed by atoms with Gasteiger partial charge in [-0.3, -0.25) is 4.90 Å². The van der Waals surface area contributed by atoms with Crippen molar-refractivity contribution in [1.29, 1.82) is 0 Å². The lowest BCUT2D eigenvalue weighted by atomic mass is 9.90. The summed E-state index contributed by atoms with van der Waals surface area (Å²) >= 11 is 0. The molecule has 1 saturated heterocycles. The van der Waals surface area contributed by atoms with Crippen molar-refractivity contribution < 1.29 is 0 Å². The summed E-state index contributed by atoms with van der Waals surface area (Å²) in [6.45, 7) is 15.2. The van der Waals surface area contributed by atoms with Gasteiger partial charge in [-0.05, 0) is 32.7 Å². The average Bonchev–Trinajstić information content (AvgIpc) is 2.16. The summed E-state index contributed by atoms with van der Waals surface area (Å²) in [5.74, 6) is 0.806. The Morgan fingerprint density at radius 2 is 2.07 bits per heavy atom. The summed E-state index contributed by atoms with van der Waals surface area (Å²) in [6.07, 6.45) is 2.55. The zero-order valence-electron chi connectivity index (χ0n) is 11.1. The first-order valence-electron chi connectivity index (χ1n) is 6.49. The third kappa shape index (κ3) is 3.46. The second-order valence-electron chi connectivity index (χ2n) is 5.69. The Hall–Kier alpha value is -0.0800. The Morgan fingerprint density at radius 3 is 2.60 bits per heavy atom. The monoisotopic (exact) mass is 212 g/mol. The first-order valence-corrected chi connectivity index (χ1v) is 6.49. The highest BCUT2D eigenvalue weighted by atomic mass is 15.2. The minimum Gasteiger partial charge on any atom is -0.309 e. The van der Waals surface area contributed by atoms with Crippen molar-refractivity contribution in [3.8, 4) is 0 Å². The van der Waals surface area contributed by atoms with Crippen LogP contribution in [0.2, 0.25) is 0 Å². The second-order valence-corrected chi connectivity index (χ2v) is 5.69. The van der Waals surface area contributed by atoms with Gasteiger partial charge in [0.15, 0.2) is 0 Å². The normalized spacial score (nSPS) is 29.0. The lowest BCUT2D eigenvalue weighted by Crippen LogP contribution is -2.63. The van der Waals surface area contributed by atoms with Gasteiger partial charge in [0.25, 0.3) is 0 Å². The van der Waals surface area contributed by atoms with Crippen LogP contribution in [0.3, 0.4) is 0 Å². The van der Waals surface area contributed by atoms with Gasteiger partial charge >= 0.3 is 0 Å². The summed E-state index contributed by atoms with van der Waals surface area (Å²) in [4.78, 5) is 2.69. The molecule has 15 heavy (non-hydrogen) atoms. The highest BCUT2D eigenvalue weighted by Crippen LogP contribution is 2.22. The van der Waals surface area contributed by atoms with Crippen LogP contribution in [0.15, 0.2) is 0 Å². The first-order chi connectivity index (χ1) is 7.00. The van der Waals surface area contributed by atoms with Crippen LogP contribution in [0.5, 0.6) is 0 Å². The molecular formula is C13H28N2. The number of hydrogen-bond acceptors (Lipinski definition) is 2. The van der Waals surface area contributed by atoms with Gasteiger partial charge in [-0.25, -0.2) is 0 Å². The van der Waals surface area contributed by atoms with E-state index >= 15 is 0 Å². The van der Waals surface area contributed by atoms with Gasteiger partial charge in [-0.1, -0.05) is 27.2 Å². The molecule has 90 valence electrons. The molecular weight excluding hydrogens is 184 g/mol. The minimum absolute atomic E-state index is 0.291. The fourth-order valence-electron chi connectivity index (χ4n) is 2.56. The van der Waals surface area contributed by atoms with E-state index in [1.165, 1.54) is 25.9 Å². The molecule has 0 bridgehead atoms. The van der Waals surface area contributed by atoms with Crippen LogP contribution in [-0.4, -0.2) is 36.1 Å². The molecule has 0 saturated carbocycles. The molecule has 0 amide bonds. The summed E-state index contributed by atoms with van der Waals surface area (Å²) in [5.41, 5.74) is 0.291. The van der Waals surface area contributed by atoms with Gasteiger partial charge in [-0.2, -0.15) is 0 Å². The summed E-state index contributed by atoms with van der Waals surface area (Å²) < 4.78 is 0. The van der Waals surface area contributed by atoms with Crippen molar-refractivity contribution in [3.63, 3.8) is 0 Å². The summed E-state index contributed by atoms with van der Waals surface area (Å²) in [5, 5.41) is 3.67. The Morgan fingerprint density at radius 1 is 1.40 bits per heavy atom. The molecule has 1 N–H and O–H groups in total. The molecule has 2 atom stereocenters. The fraction of sp³-hybridized carbons (Fsp3) is 1.00. The number of nitrogens with one attached hydrogen (secondary N) is 1. The Labute approximate surface area is 95.4 Å². The third-order valence-corrected chi connectivity index (χ3v) is 3.67. The molecule has 0 aliphatic carbocycles. The maximum Gasteiger partial charge on any atom is 0.0252 e. The van der Waals surface area contributed by atoms with Crippen LogP contribution >= 0.6 is 0 Å². The molecule has 2 heteroatoms. The fourth-order valence-corrected chi connectivity index (χ4v) is 2.56. The molecule has 0 spiro atoms. The van der Waals surface area contributed by atoms with Crippen molar-refractivity contribution in [1.82, 2.24) is 10.2 Å². The SMILES string of the molecule is CCCN1CC(C)(C)NCC1C(C)CC. The zero-order chi connectivity index (χ0) is 11.5. The van der Waals surface area contributed by atoms with Crippen LogP contribution in [-0.2, 0) is 0 Å². The Balaban J connectivity index is 2.63. The number of nitrogens with zero attached hydrogens (tertiary/aromatic N) is 1. The van der Waals surface area contributed by atoms with E-state index in [0.717, 1.165) is 18.5 Å². The van der Waals surface area contributed by atoms with E-state index in [2.05, 4.69) is 44.8 Å². The van der Waals surface area contributed by atoms with Crippen LogP contribution in [0, 0.1) is 5.92 Å². The van der Waals surface area contributed by atoms with E-state index < -0.39 is 0 Å². The lowest BCUT2D eigenvalue weighted by molar-refractivity contribution is 0.0639. The molecule has 0 aromatic rings. The third-order valence-electron chi connectivity index (χ3n) is 3.67. The van der Waals surface area contributed by atoms with Crippen molar-refractivity contribution in [2.24, 2.45) is 5.92 Å². The predicted octanol–water partition coefficient (Wildman–Crippen LogP) is 2.49. The number of hydrogen-bond donors (Lipinski definition) is 1. The van der Waals surface area contributed by atoms with Crippen LogP contribution in [0.1, 0.15) is 47.5 Å². The number of piperazine rings is 1. The summed E-state index contributed by atoms with van der Waals surface area (Å²) in [6, 6.07) is 0.739. The highest BCUT2D eigenvalue weighted by molar-refractivity contribution is 4.93. The molecule has 2 unspecified atom stereocenters. The standard InChI is InChI=1S/C13H28N2/c1-6-8-15-10-13(4,5)14-9-12(15)11(3)7-2/h11-12,14H,6-10H2,1-5H3. The highest BCUT2D eigenvalue weighted by Gasteiger charge is 2.33. The Bertz CT molecular complexity index is 189. The quantitative estimate of drug-likeness (QED) is 0.770. The second kappa shape index (κ2) is 5.31. The van der Waals surface area contributed by atoms with Crippen molar-refractivity contribution in [3.05, 3.63) is 0 Å². The van der Waals surface area contributed by atoms with Gasteiger partial charge in [0.1, 0.15) is 0 Å². The first kappa shape index (κ1) is 13.0. The maximum absolute atomic E-state index is 3.67. The van der Waals surface area contributed by atoms with E-state index in [-0.39, 0.29) is 0 Å². The molecule has 0 aromatic heterocycles. The molecule has 1 aliphatic rings. The topological polar surface area (TPSA) is 15.3 Å². The molecule has 2 nitrogen and oxygen atoms in total. The van der Waals surface area contributed by atoms with Crippen molar-refractivity contribution >= 4 is 0 Å². The summed E-state index contributed by atoms with van der Waals surface area (Å²) in [7, 11) is 0. The van der Waals surface area contributed by atoms with Crippen molar-refractivity contribution in [2.45, 2.75) is 59.0 Å². The maximum atomic E-state index is 3.67. The predicted molar refractivity (Wildman–Crippen MR) is 67.2 cm³/mol. The lowest BCUT2D eigenvalue weighted by Gasteiger charge is -2.46. The van der Waals surface area contributed by atoms with Crippen LogP contribution < -0.4 is 5.32 Å². The molecule has 1 fully saturated rings. The molecule has 0 radical (unpaired) electrons. The molecule has 1 heterocycles. The van der Waals surface area contributed by atoms with Gasteiger partial charge in [0.2, 0.25) is 0 Å². The van der Waals surface area contributed by atoms with Crippen LogP contribution in [0.4, 0.5) is 0 Å². The van der Waals surface area contributed by atoms with Crippen molar-refractivity contribution in [2.75, 3.05) is 19.6 Å². The molecule has 0 aromatic carbocycles. The van der Waals surface area contributed by atoms with Gasteiger partial charge < -0.3 is 5.32 Å². The van der Waals surface area contributed by atoms with Crippen LogP contribution in [0.25, 0.3) is 0 Å². The van der Waals surface area contributed by atoms with E-state index in [1.807, 2.05) is 0 Å². The van der Waals surface area contributed by atoms with E-state index in [9.17, 15) is 0 Å².